The van der Waals surface area contributed by atoms with Crippen molar-refractivity contribution in [2.24, 2.45) is 0 Å². The summed E-state index contributed by atoms with van der Waals surface area (Å²) >= 11 is 0. The Hall–Kier alpha value is -1.56. The van der Waals surface area contributed by atoms with E-state index >= 15 is 0 Å². The number of hydrogen-bond donors (Lipinski definition) is 6. The highest BCUT2D eigenvalue weighted by molar-refractivity contribution is 5.36. The molecule has 2 heterocycles. The lowest BCUT2D eigenvalue weighted by atomic mass is 9.98. The molecule has 0 aliphatic carbocycles. The minimum atomic E-state index is -1.63. The molecule has 1 aromatic heterocycles. The average molecular weight is 303 g/mol. The molecule has 21 heavy (non-hydrogen) atoms. The summed E-state index contributed by atoms with van der Waals surface area (Å²) in [6, 6.07) is 0. The van der Waals surface area contributed by atoms with Crippen LogP contribution in [0, 0.1) is 0 Å². The van der Waals surface area contributed by atoms with Crippen molar-refractivity contribution in [3.63, 3.8) is 0 Å². The Kier molecular flexibility index (Phi) is 4.56. The largest absolute Gasteiger partial charge is 0.394 e. The van der Waals surface area contributed by atoms with E-state index in [-0.39, 0.29) is 11.4 Å². The van der Waals surface area contributed by atoms with Gasteiger partial charge in [0.05, 0.1) is 13.2 Å². The van der Waals surface area contributed by atoms with E-state index in [1.54, 1.807) is 0 Å². The van der Waals surface area contributed by atoms with Gasteiger partial charge in [-0.05, 0) is 0 Å². The summed E-state index contributed by atoms with van der Waals surface area (Å²) < 4.78 is 6.06. The number of aliphatic hydroxyl groups excluding tert-OH is 5. The first kappa shape index (κ1) is 15.8. The van der Waals surface area contributed by atoms with Crippen LogP contribution in [0.2, 0.25) is 0 Å². The van der Waals surface area contributed by atoms with Crippen LogP contribution in [0.3, 0.4) is 0 Å². The summed E-state index contributed by atoms with van der Waals surface area (Å²) in [4.78, 5) is 15.3. The smallest absolute Gasteiger partial charge is 0.351 e. The first-order valence-corrected chi connectivity index (χ1v) is 6.19. The van der Waals surface area contributed by atoms with Crippen LogP contribution in [0.25, 0.3) is 0 Å². The maximum absolute atomic E-state index is 11.8. The number of aliphatic hydroxyl groups is 5. The topological polar surface area (TPSA) is 171 Å². The van der Waals surface area contributed by atoms with E-state index in [0.717, 1.165) is 10.8 Å². The van der Waals surface area contributed by atoms with Crippen molar-refractivity contribution in [1.29, 1.82) is 0 Å². The Balaban J connectivity index is 2.43. The lowest BCUT2D eigenvalue weighted by Crippen LogP contribution is -2.57. The van der Waals surface area contributed by atoms with E-state index < -0.39 is 49.5 Å². The van der Waals surface area contributed by atoms with E-state index in [1.807, 2.05) is 0 Å². The summed E-state index contributed by atoms with van der Waals surface area (Å²) in [5.41, 5.74) is 4.72. The fourth-order valence-corrected chi connectivity index (χ4v) is 2.14. The van der Waals surface area contributed by atoms with Crippen molar-refractivity contribution >= 4 is 5.82 Å². The first-order valence-electron chi connectivity index (χ1n) is 6.19. The van der Waals surface area contributed by atoms with Crippen molar-refractivity contribution in [2.45, 2.75) is 37.3 Å². The second-order valence-corrected chi connectivity index (χ2v) is 4.72. The standard InChI is InChI=1S/C11H17N3O7/c12-9-4(2-15)1-14(11(20)13-9)10-8(19)7(18)6(17)5(3-16)21-10/h1,5-8,10,15-19H,2-3H2,(H2,12,13,20)/t5-,6-,7+,8-,10-/m1/s1. The molecule has 0 unspecified atom stereocenters. The molecule has 7 N–H and O–H groups in total. The van der Waals surface area contributed by atoms with Gasteiger partial charge in [0.2, 0.25) is 0 Å². The van der Waals surface area contributed by atoms with Gasteiger partial charge in [-0.2, -0.15) is 4.98 Å². The minimum Gasteiger partial charge on any atom is -0.394 e. The van der Waals surface area contributed by atoms with Crippen molar-refractivity contribution in [3.05, 3.63) is 22.2 Å². The van der Waals surface area contributed by atoms with E-state index in [9.17, 15) is 20.1 Å². The first-order chi connectivity index (χ1) is 9.90. The Bertz CT molecular complexity index is 561. The molecule has 5 atom stereocenters. The van der Waals surface area contributed by atoms with E-state index in [4.69, 9.17) is 20.7 Å². The molecule has 118 valence electrons. The summed E-state index contributed by atoms with van der Waals surface area (Å²) in [5.74, 6) is -0.164. The molecule has 2 rings (SSSR count). The van der Waals surface area contributed by atoms with E-state index in [1.165, 1.54) is 0 Å². The van der Waals surface area contributed by atoms with Crippen LogP contribution in [0.5, 0.6) is 0 Å². The third-order valence-corrected chi connectivity index (χ3v) is 3.37. The number of aromatic nitrogens is 2. The quantitative estimate of drug-likeness (QED) is 0.328. The molecule has 0 spiro atoms. The number of nitrogen functional groups attached to an aromatic ring is 1. The number of anilines is 1. The summed E-state index contributed by atoms with van der Waals surface area (Å²) in [7, 11) is 0. The third kappa shape index (κ3) is 2.77. The maximum Gasteiger partial charge on any atom is 0.351 e. The van der Waals surface area contributed by atoms with E-state index in [0.29, 0.717) is 0 Å². The predicted octanol–water partition coefficient (Wildman–Crippen LogP) is -3.71. The molecule has 1 fully saturated rings. The molecule has 10 nitrogen and oxygen atoms in total. The number of nitrogens with two attached hydrogens (primary N) is 1. The van der Waals surface area contributed by atoms with Crippen LogP contribution in [0.15, 0.2) is 11.0 Å². The molecule has 1 aliphatic heterocycles. The number of hydrogen-bond acceptors (Lipinski definition) is 9. The van der Waals surface area contributed by atoms with Gasteiger partial charge in [0.1, 0.15) is 30.2 Å². The molecule has 1 saturated heterocycles. The van der Waals surface area contributed by atoms with Gasteiger partial charge in [-0.25, -0.2) is 4.79 Å². The Labute approximate surface area is 118 Å². The lowest BCUT2D eigenvalue weighted by molar-refractivity contribution is -0.252. The van der Waals surface area contributed by atoms with Crippen LogP contribution in [0.1, 0.15) is 11.8 Å². The summed E-state index contributed by atoms with van der Waals surface area (Å²) in [6.07, 6.45) is -6.18. The van der Waals surface area contributed by atoms with Crippen molar-refractivity contribution < 1.29 is 30.3 Å². The number of ether oxygens (including phenoxy) is 1. The fraction of sp³-hybridized carbons (Fsp3) is 0.636. The number of nitrogens with zero attached hydrogens (tertiary/aromatic N) is 2. The second kappa shape index (κ2) is 6.05. The highest BCUT2D eigenvalue weighted by atomic mass is 16.6. The zero-order chi connectivity index (χ0) is 15.7. The second-order valence-electron chi connectivity index (χ2n) is 4.72. The van der Waals surface area contributed by atoms with Crippen molar-refractivity contribution in [3.8, 4) is 0 Å². The molecule has 1 aliphatic rings. The van der Waals surface area contributed by atoms with Gasteiger partial charge in [0, 0.05) is 11.8 Å². The molecule has 0 radical (unpaired) electrons. The highest BCUT2D eigenvalue weighted by Crippen LogP contribution is 2.27. The SMILES string of the molecule is Nc1nc(=O)n([C@@H]2O[C@H](CO)[C@@H](O)[C@H](O)[C@H]2O)cc1CO. The molecular formula is C11H17N3O7. The molecular weight excluding hydrogens is 286 g/mol. The van der Waals surface area contributed by atoms with Gasteiger partial charge in [-0.1, -0.05) is 0 Å². The Morgan fingerprint density at radius 1 is 1.24 bits per heavy atom. The molecule has 0 saturated carbocycles. The lowest BCUT2D eigenvalue weighted by Gasteiger charge is -2.40. The predicted molar refractivity (Wildman–Crippen MR) is 67.8 cm³/mol. The maximum atomic E-state index is 11.8. The molecule has 0 aromatic carbocycles. The number of rotatable bonds is 3. The monoisotopic (exact) mass is 303 g/mol. The van der Waals surface area contributed by atoms with Gasteiger partial charge in [-0.3, -0.25) is 4.57 Å². The fourth-order valence-electron chi connectivity index (χ4n) is 2.14. The highest BCUT2D eigenvalue weighted by Gasteiger charge is 2.44. The van der Waals surface area contributed by atoms with E-state index in [2.05, 4.69) is 4.98 Å². The molecule has 10 heteroatoms. The molecule has 0 amide bonds. The minimum absolute atomic E-state index is 0.131. The average Bonchev–Trinajstić information content (AvgIpc) is 2.46. The van der Waals surface area contributed by atoms with Gasteiger partial charge >= 0.3 is 5.69 Å². The normalized spacial score (nSPS) is 33.1. The third-order valence-electron chi connectivity index (χ3n) is 3.37. The van der Waals surface area contributed by atoms with Crippen molar-refractivity contribution in [2.75, 3.05) is 12.3 Å². The Morgan fingerprint density at radius 3 is 2.48 bits per heavy atom. The van der Waals surface area contributed by atoms with Crippen LogP contribution >= 0.6 is 0 Å². The van der Waals surface area contributed by atoms with Crippen molar-refractivity contribution in [1.82, 2.24) is 9.55 Å². The zero-order valence-electron chi connectivity index (χ0n) is 10.9. The van der Waals surface area contributed by atoms with Crippen LogP contribution in [-0.2, 0) is 11.3 Å². The zero-order valence-corrected chi connectivity index (χ0v) is 10.9. The molecule has 1 aromatic rings. The van der Waals surface area contributed by atoms with Crippen LogP contribution in [0.4, 0.5) is 5.82 Å². The van der Waals surface area contributed by atoms with Gasteiger partial charge < -0.3 is 36.0 Å². The Morgan fingerprint density at radius 2 is 1.90 bits per heavy atom. The van der Waals surface area contributed by atoms with Crippen LogP contribution < -0.4 is 11.4 Å². The van der Waals surface area contributed by atoms with Crippen LogP contribution in [-0.4, -0.2) is 66.1 Å². The summed E-state index contributed by atoms with van der Waals surface area (Å²) in [5, 5.41) is 47.5. The summed E-state index contributed by atoms with van der Waals surface area (Å²) in [6.45, 7) is -1.11. The molecule has 0 bridgehead atoms. The van der Waals surface area contributed by atoms with Gasteiger partial charge in [0.15, 0.2) is 6.23 Å². The van der Waals surface area contributed by atoms with Gasteiger partial charge in [0.25, 0.3) is 0 Å². The van der Waals surface area contributed by atoms with Gasteiger partial charge in [-0.15, -0.1) is 0 Å².